The maximum absolute atomic E-state index is 16.0. The van der Waals surface area contributed by atoms with E-state index in [4.69, 9.17) is 58.9 Å². The molecule has 0 saturated carbocycles. The number of aromatic nitrogens is 8. The molecule has 232 valence electrons. The largest absolute Gasteiger partial charge is 0.382 e. The van der Waals surface area contributed by atoms with E-state index in [-0.39, 0.29) is 29.4 Å². The highest BCUT2D eigenvalue weighted by Gasteiger charge is 2.65. The smallest absolute Gasteiger partial charge is 0.264 e. The van der Waals surface area contributed by atoms with Crippen LogP contribution in [-0.4, -0.2) is 110 Å². The SMILES string of the molecule is [B][P@@]1(=O)OC[C@@]23COC([C@H](n4cnc5c(N)ncnc54)O2)[C@H]3O[P@]([B])(=O)OC[C@H]2O[C@@H](n3cnc4c(N)ncnc43)[C@@H](F)C2O1. The molecule has 4 aliphatic heterocycles. The van der Waals surface area contributed by atoms with Crippen molar-refractivity contribution in [1.29, 1.82) is 0 Å². The van der Waals surface area contributed by atoms with Gasteiger partial charge in [0.25, 0.3) is 14.9 Å². The van der Waals surface area contributed by atoms with E-state index in [0.717, 1.165) is 0 Å². The molecule has 0 aromatic carbocycles. The minimum Gasteiger partial charge on any atom is -0.382 e. The second-order valence-corrected chi connectivity index (χ2v) is 13.9. The van der Waals surface area contributed by atoms with Gasteiger partial charge in [-0.3, -0.25) is 18.3 Å². The molecule has 4 aliphatic rings. The number of ether oxygens (including phenoxy) is 3. The average Bonchev–Trinajstić information content (AvgIpc) is 3.80. The molecule has 0 amide bonds. The van der Waals surface area contributed by atoms with Crippen LogP contribution < -0.4 is 11.5 Å². The van der Waals surface area contributed by atoms with Gasteiger partial charge >= 0.3 is 0 Å². The van der Waals surface area contributed by atoms with Gasteiger partial charge in [0, 0.05) is 0 Å². The Balaban J connectivity index is 1.10. The van der Waals surface area contributed by atoms with Crippen LogP contribution in [0.4, 0.5) is 16.0 Å². The fraction of sp³-hybridized carbons (Fsp3) is 0.524. The van der Waals surface area contributed by atoms with Crippen molar-refractivity contribution in [1.82, 2.24) is 39.0 Å². The normalized spacial score (nSPS) is 40.2. The zero-order valence-corrected chi connectivity index (χ0v) is 24.6. The van der Waals surface area contributed by atoms with Gasteiger partial charge < -0.3 is 43.8 Å². The van der Waals surface area contributed by atoms with E-state index in [9.17, 15) is 9.13 Å². The van der Waals surface area contributed by atoms with E-state index >= 15 is 4.39 Å². The average molecular weight is 660 g/mol. The number of nitrogens with zero attached hydrogens (tertiary/aromatic N) is 8. The van der Waals surface area contributed by atoms with Crippen molar-refractivity contribution in [2.75, 3.05) is 31.3 Å². The summed E-state index contributed by atoms with van der Waals surface area (Å²) in [6, 6.07) is 0. The first-order valence-corrected chi connectivity index (χ1v) is 16.6. The van der Waals surface area contributed by atoms with Gasteiger partial charge in [0.1, 0.15) is 53.7 Å². The molecule has 2 bridgehead atoms. The van der Waals surface area contributed by atoms with Gasteiger partial charge in [-0.15, -0.1) is 0 Å². The van der Waals surface area contributed by atoms with Gasteiger partial charge in [-0.05, 0) is 0 Å². The van der Waals surface area contributed by atoms with E-state index in [2.05, 4.69) is 29.9 Å². The molecule has 0 spiro atoms. The summed E-state index contributed by atoms with van der Waals surface area (Å²) < 4.78 is 86.3. The van der Waals surface area contributed by atoms with E-state index in [1.54, 1.807) is 0 Å². The van der Waals surface area contributed by atoms with Crippen LogP contribution in [0.3, 0.4) is 0 Å². The van der Waals surface area contributed by atoms with E-state index in [1.165, 1.54) is 34.4 Å². The Hall–Kier alpha value is -3.06. The van der Waals surface area contributed by atoms with Crippen molar-refractivity contribution in [3.63, 3.8) is 0 Å². The summed E-state index contributed by atoms with van der Waals surface area (Å²) in [5.41, 5.74) is 11.2. The van der Waals surface area contributed by atoms with Gasteiger partial charge in [-0.25, -0.2) is 34.3 Å². The summed E-state index contributed by atoms with van der Waals surface area (Å²) in [7, 11) is 3.00. The summed E-state index contributed by atoms with van der Waals surface area (Å²) in [5, 5.41) is 0. The number of alkyl halides is 1. The molecule has 4 radical (unpaired) electrons. The minimum atomic E-state index is -4.54. The molecule has 4 aromatic heterocycles. The van der Waals surface area contributed by atoms with Crippen molar-refractivity contribution in [3.8, 4) is 0 Å². The molecule has 0 aliphatic carbocycles. The molecular weight excluding hydrogens is 639 g/mol. The number of anilines is 2. The highest BCUT2D eigenvalue weighted by atomic mass is 31.2. The quantitative estimate of drug-likeness (QED) is 0.214. The Bertz CT molecular complexity index is 1920. The molecule has 4 saturated heterocycles. The molecule has 8 rings (SSSR count). The van der Waals surface area contributed by atoms with Crippen molar-refractivity contribution in [3.05, 3.63) is 25.3 Å². The second kappa shape index (κ2) is 10.2. The molecule has 4 aromatic rings. The molecule has 4 fully saturated rings. The van der Waals surface area contributed by atoms with Crippen LogP contribution in [0.2, 0.25) is 0 Å². The fourth-order valence-corrected chi connectivity index (χ4v) is 8.03. The molecule has 24 heteroatoms. The monoisotopic (exact) mass is 660 g/mol. The van der Waals surface area contributed by atoms with Crippen LogP contribution in [-0.2, 0) is 41.4 Å². The first-order chi connectivity index (χ1) is 21.5. The van der Waals surface area contributed by atoms with Gasteiger partial charge in [0.2, 0.25) is 15.1 Å². The third kappa shape index (κ3) is 4.70. The number of imidazole rings is 2. The van der Waals surface area contributed by atoms with Gasteiger partial charge in [-0.2, -0.15) is 0 Å². The summed E-state index contributed by atoms with van der Waals surface area (Å²) in [6.07, 6.45) is -4.53. The predicted molar refractivity (Wildman–Crippen MR) is 149 cm³/mol. The number of nitrogen functional groups attached to an aromatic ring is 2. The number of hydrogen-bond acceptors (Lipinski definition) is 17. The lowest BCUT2D eigenvalue weighted by Gasteiger charge is -2.34. The zero-order valence-electron chi connectivity index (χ0n) is 22.8. The van der Waals surface area contributed by atoms with Crippen LogP contribution in [0.5, 0.6) is 0 Å². The Morgan fingerprint density at radius 1 is 0.844 bits per heavy atom. The van der Waals surface area contributed by atoms with Crippen LogP contribution in [0.15, 0.2) is 25.3 Å². The standard InChI is InChI=1S/C21H21B2FN10O9P2/c22-44(35)38-1-8-12(9(24)19(40-8)33-6-31-10-15(25)27-4-29-17(10)33)42-45(23,36)39-3-21-2-37-13(14(21)43-44)20(41-21)34-7-32-11-16(26)28-5-30-18(11)34/h4-9,12-14,19-20H,1-3H2,(H2,25,27,29)(H2,26,28,30)/t8-,9+,12?,13?,14-,19-,20-,21-,44-,45-/m1/s1. The van der Waals surface area contributed by atoms with E-state index in [1.807, 2.05) is 0 Å². The lowest BCUT2D eigenvalue weighted by Crippen LogP contribution is -2.46. The zero-order chi connectivity index (χ0) is 31.3. The van der Waals surface area contributed by atoms with Crippen molar-refractivity contribution < 1.29 is 45.8 Å². The molecule has 45 heavy (non-hydrogen) atoms. The molecule has 4 N–H and O–H groups in total. The van der Waals surface area contributed by atoms with E-state index < -0.39 is 76.8 Å². The first-order valence-electron chi connectivity index (χ1n) is 13.3. The summed E-state index contributed by atoms with van der Waals surface area (Å²) in [6.45, 7) is -1.37. The number of halogens is 1. The van der Waals surface area contributed by atoms with Crippen LogP contribution in [0.25, 0.3) is 22.3 Å². The minimum absolute atomic E-state index is 0.0607. The summed E-state index contributed by atoms with van der Waals surface area (Å²) in [4.78, 5) is 24.5. The van der Waals surface area contributed by atoms with Gasteiger partial charge in [-0.1, -0.05) is 0 Å². The number of hydrogen-bond donors (Lipinski definition) is 2. The maximum Gasteiger partial charge on any atom is 0.264 e. The summed E-state index contributed by atoms with van der Waals surface area (Å²) in [5.74, 6) is 0.193. The van der Waals surface area contributed by atoms with E-state index in [0.29, 0.717) is 11.2 Å². The molecule has 19 nitrogen and oxygen atoms in total. The lowest BCUT2D eigenvalue weighted by atomic mass is 10.0. The number of fused-ring (bicyclic) bond motifs is 3. The Morgan fingerprint density at radius 3 is 2.13 bits per heavy atom. The van der Waals surface area contributed by atoms with Crippen LogP contribution in [0.1, 0.15) is 12.5 Å². The third-order valence-electron chi connectivity index (χ3n) is 8.00. The topological polar surface area (TPSA) is 238 Å². The molecular formula is C21H21B2FN10O9P2. The Morgan fingerprint density at radius 2 is 1.47 bits per heavy atom. The van der Waals surface area contributed by atoms with Crippen molar-refractivity contribution in [2.45, 2.75) is 48.6 Å². The predicted octanol–water partition coefficient (Wildman–Crippen LogP) is 0.103. The van der Waals surface area contributed by atoms with Crippen LogP contribution >= 0.6 is 14.9 Å². The van der Waals surface area contributed by atoms with Gasteiger partial charge in [0.15, 0.2) is 41.6 Å². The summed E-state index contributed by atoms with van der Waals surface area (Å²) >= 11 is 0. The Labute approximate surface area is 254 Å². The highest BCUT2D eigenvalue weighted by molar-refractivity contribution is 7.79. The highest BCUT2D eigenvalue weighted by Crippen LogP contribution is 2.58. The second-order valence-electron chi connectivity index (χ2n) is 10.8. The number of nitrogens with two attached hydrogens (primary N) is 2. The Kier molecular flexibility index (Phi) is 6.67. The molecule has 2 unspecified atom stereocenters. The van der Waals surface area contributed by atoms with Gasteiger partial charge in [0.05, 0.1) is 32.5 Å². The van der Waals surface area contributed by atoms with Crippen molar-refractivity contribution >= 4 is 64.0 Å². The first kappa shape index (κ1) is 29.3. The third-order valence-corrected chi connectivity index (χ3v) is 10.1. The maximum atomic E-state index is 16.0. The lowest BCUT2D eigenvalue weighted by molar-refractivity contribution is -0.183. The van der Waals surface area contributed by atoms with Crippen molar-refractivity contribution in [2.24, 2.45) is 0 Å². The number of rotatable bonds is 2. The molecule has 10 atom stereocenters. The van der Waals surface area contributed by atoms with Crippen LogP contribution in [0, 0.1) is 0 Å². The fourth-order valence-electron chi connectivity index (χ4n) is 5.93. The molecule has 8 heterocycles.